The van der Waals surface area contributed by atoms with Crippen LogP contribution >= 0.6 is 11.6 Å². The first kappa shape index (κ1) is 31.3. The van der Waals surface area contributed by atoms with Crippen molar-refractivity contribution < 1.29 is 19.1 Å². The molecule has 10 heteroatoms. The van der Waals surface area contributed by atoms with E-state index in [1.165, 1.54) is 0 Å². The number of halogens is 1. The van der Waals surface area contributed by atoms with Crippen molar-refractivity contribution in [1.82, 2.24) is 15.5 Å². The first-order valence-electron chi connectivity index (χ1n) is 15.4. The van der Waals surface area contributed by atoms with Crippen LogP contribution in [-0.2, 0) is 4.79 Å². The van der Waals surface area contributed by atoms with Crippen LogP contribution in [0.1, 0.15) is 60.5 Å². The minimum atomic E-state index is -0.226. The summed E-state index contributed by atoms with van der Waals surface area (Å²) in [4.78, 5) is 42.3. The van der Waals surface area contributed by atoms with Gasteiger partial charge in [0.1, 0.15) is 5.75 Å². The van der Waals surface area contributed by atoms with E-state index >= 15 is 0 Å². The van der Waals surface area contributed by atoms with Gasteiger partial charge in [-0.25, -0.2) is 4.79 Å². The van der Waals surface area contributed by atoms with Crippen molar-refractivity contribution in [2.24, 2.45) is 0 Å². The molecule has 44 heavy (non-hydrogen) atoms. The van der Waals surface area contributed by atoms with Gasteiger partial charge in [0.05, 0.1) is 5.69 Å². The average molecular weight is 618 g/mol. The van der Waals surface area contributed by atoms with Crippen molar-refractivity contribution in [2.45, 2.75) is 44.6 Å². The van der Waals surface area contributed by atoms with E-state index in [1.54, 1.807) is 6.07 Å². The Morgan fingerprint density at radius 2 is 1.66 bits per heavy atom. The van der Waals surface area contributed by atoms with Gasteiger partial charge in [-0.05, 0) is 80.6 Å². The third-order valence-corrected chi connectivity index (χ3v) is 8.34. The zero-order valence-electron chi connectivity index (χ0n) is 24.9. The van der Waals surface area contributed by atoms with E-state index in [9.17, 15) is 14.4 Å². The van der Waals surface area contributed by atoms with E-state index < -0.39 is 0 Å². The number of nitrogens with one attached hydrogen (secondary N) is 3. The maximum absolute atomic E-state index is 13.4. The van der Waals surface area contributed by atoms with Crippen LogP contribution < -0.4 is 25.6 Å². The summed E-state index contributed by atoms with van der Waals surface area (Å²) < 4.78 is 5.61. The quantitative estimate of drug-likeness (QED) is 0.216. The summed E-state index contributed by atoms with van der Waals surface area (Å²) >= 11 is 6.37. The number of piperidine rings is 1. The Bertz CT molecular complexity index is 1440. The number of likely N-dealkylation sites (tertiary alicyclic amines) is 1. The normalized spacial score (nSPS) is 16.5. The number of para-hydroxylation sites is 3. The highest BCUT2D eigenvalue weighted by Gasteiger charge is 2.30. The number of fused-ring (bicyclic) bond motifs is 1. The van der Waals surface area contributed by atoms with Gasteiger partial charge in [0.25, 0.3) is 11.8 Å². The number of urea groups is 1. The summed E-state index contributed by atoms with van der Waals surface area (Å²) in [5.74, 6) is 0.546. The summed E-state index contributed by atoms with van der Waals surface area (Å²) in [6.07, 6.45) is 5.56. The van der Waals surface area contributed by atoms with Gasteiger partial charge in [-0.1, -0.05) is 54.4 Å². The monoisotopic (exact) mass is 617 g/mol. The molecule has 0 aliphatic carbocycles. The number of nitrogens with zero attached hydrogens (tertiary/aromatic N) is 2. The van der Waals surface area contributed by atoms with Crippen LogP contribution in [0.15, 0.2) is 72.8 Å². The minimum Gasteiger partial charge on any atom is -0.482 e. The van der Waals surface area contributed by atoms with Crippen LogP contribution in [-0.4, -0.2) is 62.1 Å². The van der Waals surface area contributed by atoms with Crippen molar-refractivity contribution in [3.8, 4) is 5.75 Å². The summed E-state index contributed by atoms with van der Waals surface area (Å²) in [5.41, 5.74) is 3.12. The molecule has 9 nitrogen and oxygen atoms in total. The Morgan fingerprint density at radius 1 is 0.886 bits per heavy atom. The smallest absolute Gasteiger partial charge is 0.319 e. The second-order valence-corrected chi connectivity index (χ2v) is 11.6. The molecule has 0 spiro atoms. The zero-order valence-corrected chi connectivity index (χ0v) is 25.7. The van der Waals surface area contributed by atoms with Crippen molar-refractivity contribution >= 4 is 40.8 Å². The number of benzene rings is 3. The van der Waals surface area contributed by atoms with Gasteiger partial charge in [-0.2, -0.15) is 0 Å². The van der Waals surface area contributed by atoms with Gasteiger partial charge in [-0.15, -0.1) is 0 Å². The van der Waals surface area contributed by atoms with Crippen LogP contribution in [0.25, 0.3) is 0 Å². The molecule has 1 atom stereocenters. The third-order valence-electron chi connectivity index (χ3n) is 8.11. The van der Waals surface area contributed by atoms with Gasteiger partial charge in [0.15, 0.2) is 6.61 Å². The fourth-order valence-corrected chi connectivity index (χ4v) is 6.05. The Labute approximate surface area is 263 Å². The predicted octanol–water partition coefficient (Wildman–Crippen LogP) is 6.01. The van der Waals surface area contributed by atoms with Gasteiger partial charge in [0, 0.05) is 48.5 Å². The number of ether oxygens (including phenoxy) is 1. The number of hydrogen-bond donors (Lipinski definition) is 3. The Hall–Kier alpha value is -4.08. The van der Waals surface area contributed by atoms with Gasteiger partial charge >= 0.3 is 6.03 Å². The standard InChI is InChI=1S/C34H40ClN5O4/c35-25-16-17-27(28(23-25)33(42)36-18-8-2-9-19-37-34(43)38-26-11-3-1-4-12-26)29-13-7-10-20-39(29)21-22-40-30-14-5-6-15-31(30)44-24-32(40)41/h1,3-6,11-12,14-17,23,29H,2,7-10,13,18-22,24H2,(H,36,42)(H2,37,38,43). The lowest BCUT2D eigenvalue weighted by Gasteiger charge is -2.38. The average Bonchev–Trinajstić information content (AvgIpc) is 3.04. The Kier molecular flexibility index (Phi) is 11.1. The van der Waals surface area contributed by atoms with Gasteiger partial charge in [-0.3, -0.25) is 14.5 Å². The molecule has 2 heterocycles. The van der Waals surface area contributed by atoms with Crippen LogP contribution in [0.4, 0.5) is 16.2 Å². The van der Waals surface area contributed by atoms with E-state index in [4.69, 9.17) is 16.3 Å². The molecule has 0 bridgehead atoms. The largest absolute Gasteiger partial charge is 0.482 e. The lowest BCUT2D eigenvalue weighted by atomic mass is 9.91. The fraction of sp³-hybridized carbons (Fsp3) is 0.382. The Balaban J connectivity index is 1.12. The van der Waals surface area contributed by atoms with Crippen LogP contribution in [0.2, 0.25) is 5.02 Å². The number of anilines is 2. The fourth-order valence-electron chi connectivity index (χ4n) is 5.88. The minimum absolute atomic E-state index is 0.0437. The van der Waals surface area contributed by atoms with E-state index in [-0.39, 0.29) is 30.5 Å². The molecular formula is C34H40ClN5O4. The highest BCUT2D eigenvalue weighted by atomic mass is 35.5. The maximum atomic E-state index is 13.4. The predicted molar refractivity (Wildman–Crippen MR) is 174 cm³/mol. The van der Waals surface area contributed by atoms with E-state index in [2.05, 4.69) is 20.9 Å². The summed E-state index contributed by atoms with van der Waals surface area (Å²) in [6.45, 7) is 3.27. The molecule has 0 radical (unpaired) electrons. The highest BCUT2D eigenvalue weighted by molar-refractivity contribution is 6.31. The molecule has 1 fully saturated rings. The SMILES string of the molecule is O=C(NCCCCCNC(=O)c1cc(Cl)ccc1C1CCCCN1CCN1C(=O)COc2ccccc21)Nc1ccccc1. The van der Waals surface area contributed by atoms with Crippen LogP contribution in [0, 0.1) is 0 Å². The van der Waals surface area contributed by atoms with Crippen molar-refractivity contribution in [3.05, 3.63) is 88.9 Å². The molecule has 0 saturated carbocycles. The molecule has 3 aromatic rings. The number of carbonyl (C=O) groups is 3. The molecule has 1 saturated heterocycles. The molecule has 3 N–H and O–H groups in total. The number of carbonyl (C=O) groups excluding carboxylic acids is 3. The molecule has 1 unspecified atom stereocenters. The van der Waals surface area contributed by atoms with E-state index in [0.29, 0.717) is 36.8 Å². The Morgan fingerprint density at radius 3 is 2.50 bits per heavy atom. The number of unbranched alkanes of at least 4 members (excludes halogenated alkanes) is 2. The molecule has 0 aromatic heterocycles. The summed E-state index contributed by atoms with van der Waals surface area (Å²) in [6, 6.07) is 22.4. The first-order chi connectivity index (χ1) is 21.5. The zero-order chi connectivity index (χ0) is 30.7. The first-order valence-corrected chi connectivity index (χ1v) is 15.8. The number of amides is 4. The van der Waals surface area contributed by atoms with Crippen molar-refractivity contribution in [1.29, 1.82) is 0 Å². The summed E-state index contributed by atoms with van der Waals surface area (Å²) in [5, 5.41) is 9.26. The highest BCUT2D eigenvalue weighted by Crippen LogP contribution is 2.35. The van der Waals surface area contributed by atoms with Crippen molar-refractivity contribution in [2.75, 3.05) is 49.5 Å². The lowest BCUT2D eigenvalue weighted by molar-refractivity contribution is -0.121. The molecule has 2 aliphatic rings. The maximum Gasteiger partial charge on any atom is 0.319 e. The molecule has 5 rings (SSSR count). The number of hydrogen-bond acceptors (Lipinski definition) is 5. The molecule has 4 amide bonds. The van der Waals surface area contributed by atoms with Crippen LogP contribution in [0.3, 0.4) is 0 Å². The summed E-state index contributed by atoms with van der Waals surface area (Å²) in [7, 11) is 0. The second-order valence-electron chi connectivity index (χ2n) is 11.1. The molecule has 232 valence electrons. The molecule has 3 aromatic carbocycles. The van der Waals surface area contributed by atoms with Crippen molar-refractivity contribution in [3.63, 3.8) is 0 Å². The third kappa shape index (κ3) is 8.30. The van der Waals surface area contributed by atoms with Crippen LogP contribution in [0.5, 0.6) is 5.75 Å². The molecule has 2 aliphatic heterocycles. The van der Waals surface area contributed by atoms with E-state index in [0.717, 1.165) is 67.8 Å². The van der Waals surface area contributed by atoms with E-state index in [1.807, 2.05) is 71.6 Å². The van der Waals surface area contributed by atoms with Gasteiger partial charge in [0.2, 0.25) is 0 Å². The molecular weight excluding hydrogens is 578 g/mol. The lowest BCUT2D eigenvalue weighted by Crippen LogP contribution is -2.45. The number of rotatable bonds is 12. The van der Waals surface area contributed by atoms with Gasteiger partial charge < -0.3 is 25.6 Å². The topological polar surface area (TPSA) is 103 Å². The second kappa shape index (κ2) is 15.6.